The fourth-order valence-corrected chi connectivity index (χ4v) is 4.78. The van der Waals surface area contributed by atoms with Crippen molar-refractivity contribution in [2.45, 2.75) is 33.1 Å². The number of hydrogen-bond donors (Lipinski definition) is 2. The minimum atomic E-state index is -0.301. The molecule has 0 aliphatic heterocycles. The molecule has 5 nitrogen and oxygen atoms in total. The lowest BCUT2D eigenvalue weighted by Crippen LogP contribution is -2.34. The Morgan fingerprint density at radius 3 is 2.65 bits per heavy atom. The minimum absolute atomic E-state index is 0.231. The molecular formula is C27H27N3O2S2. The van der Waals surface area contributed by atoms with Crippen molar-refractivity contribution in [3.63, 3.8) is 0 Å². The van der Waals surface area contributed by atoms with E-state index in [1.165, 1.54) is 10.3 Å². The zero-order chi connectivity index (χ0) is 23.9. The van der Waals surface area contributed by atoms with Crippen LogP contribution in [0.3, 0.4) is 0 Å². The summed E-state index contributed by atoms with van der Waals surface area (Å²) in [7, 11) is 0. The number of carbonyl (C=O) groups is 1. The van der Waals surface area contributed by atoms with Crippen LogP contribution in [0.25, 0.3) is 20.8 Å². The third-order valence-corrected chi connectivity index (χ3v) is 6.57. The lowest BCUT2D eigenvalue weighted by Gasteiger charge is -2.13. The summed E-state index contributed by atoms with van der Waals surface area (Å²) in [6.45, 7) is 4.81. The van der Waals surface area contributed by atoms with Crippen molar-refractivity contribution in [2.75, 3.05) is 11.9 Å². The fourth-order valence-electron chi connectivity index (χ4n) is 3.50. The van der Waals surface area contributed by atoms with Gasteiger partial charge in [0.05, 0.1) is 22.4 Å². The zero-order valence-electron chi connectivity index (χ0n) is 19.3. The number of thiazole rings is 1. The Labute approximate surface area is 209 Å². The number of fused-ring (bicyclic) bond motifs is 1. The summed E-state index contributed by atoms with van der Waals surface area (Å²) in [5, 5.41) is 7.02. The molecule has 1 amide bonds. The topological polar surface area (TPSA) is 63.2 Å². The first-order valence-corrected chi connectivity index (χ1v) is 12.6. The second-order valence-corrected chi connectivity index (χ2v) is 9.47. The van der Waals surface area contributed by atoms with E-state index in [-0.39, 0.29) is 11.0 Å². The van der Waals surface area contributed by atoms with Gasteiger partial charge in [0.25, 0.3) is 5.91 Å². The van der Waals surface area contributed by atoms with E-state index in [2.05, 4.69) is 42.7 Å². The molecule has 0 bridgehead atoms. The molecule has 34 heavy (non-hydrogen) atoms. The maximum absolute atomic E-state index is 12.8. The number of ether oxygens (including phenoxy) is 1. The van der Waals surface area contributed by atoms with Crippen LogP contribution in [0, 0.1) is 6.92 Å². The molecule has 4 aromatic rings. The van der Waals surface area contributed by atoms with Gasteiger partial charge in [-0.2, -0.15) is 0 Å². The van der Waals surface area contributed by atoms with E-state index >= 15 is 0 Å². The van der Waals surface area contributed by atoms with Crippen LogP contribution in [-0.2, 0) is 0 Å². The number of amides is 1. The fraction of sp³-hybridized carbons (Fsp3) is 0.222. The second kappa shape index (κ2) is 11.2. The van der Waals surface area contributed by atoms with Crippen molar-refractivity contribution in [3.8, 4) is 16.3 Å². The van der Waals surface area contributed by atoms with E-state index in [9.17, 15) is 4.79 Å². The number of nitrogens with zero attached hydrogens (tertiary/aromatic N) is 1. The Balaban J connectivity index is 1.37. The molecule has 0 fully saturated rings. The van der Waals surface area contributed by atoms with Crippen LogP contribution in [-0.4, -0.2) is 22.6 Å². The molecule has 0 atom stereocenters. The first-order chi connectivity index (χ1) is 16.5. The SMILES string of the molecule is CCCCCOc1ccccc1C(=O)NC(=S)Nc1ccc(-c2nc3ccc(C)cc3s2)cc1. The van der Waals surface area contributed by atoms with Crippen molar-refractivity contribution < 1.29 is 9.53 Å². The molecule has 1 heterocycles. The predicted octanol–water partition coefficient (Wildman–Crippen LogP) is 6.97. The lowest BCUT2D eigenvalue weighted by atomic mass is 10.2. The zero-order valence-corrected chi connectivity index (χ0v) is 20.9. The number of unbranched alkanes of at least 4 members (excludes halogenated alkanes) is 2. The van der Waals surface area contributed by atoms with Crippen LogP contribution in [0.4, 0.5) is 5.69 Å². The highest BCUT2D eigenvalue weighted by Gasteiger charge is 2.14. The van der Waals surface area contributed by atoms with Gasteiger partial charge in [0.2, 0.25) is 0 Å². The molecule has 0 aliphatic carbocycles. The number of benzene rings is 3. The summed E-state index contributed by atoms with van der Waals surface area (Å²) in [6, 6.07) is 21.3. The van der Waals surface area contributed by atoms with Crippen molar-refractivity contribution in [1.29, 1.82) is 0 Å². The maximum atomic E-state index is 12.8. The van der Waals surface area contributed by atoms with E-state index in [4.69, 9.17) is 21.9 Å². The number of thiocarbonyl (C=S) groups is 1. The van der Waals surface area contributed by atoms with Crippen molar-refractivity contribution in [1.82, 2.24) is 10.3 Å². The molecule has 3 aromatic carbocycles. The summed E-state index contributed by atoms with van der Waals surface area (Å²) < 4.78 is 6.99. The van der Waals surface area contributed by atoms with Gasteiger partial charge in [0.15, 0.2) is 5.11 Å². The van der Waals surface area contributed by atoms with Gasteiger partial charge in [0, 0.05) is 11.3 Å². The highest BCUT2D eigenvalue weighted by Crippen LogP contribution is 2.31. The molecule has 174 valence electrons. The molecule has 0 aliphatic rings. The Bertz CT molecular complexity index is 1300. The number of hydrogen-bond acceptors (Lipinski definition) is 5. The number of rotatable bonds is 8. The van der Waals surface area contributed by atoms with E-state index in [0.29, 0.717) is 17.9 Å². The average Bonchev–Trinajstić information content (AvgIpc) is 3.25. The molecular weight excluding hydrogens is 462 g/mol. The number of aromatic nitrogens is 1. The van der Waals surface area contributed by atoms with E-state index in [1.807, 2.05) is 36.4 Å². The van der Waals surface area contributed by atoms with Crippen LogP contribution < -0.4 is 15.4 Å². The van der Waals surface area contributed by atoms with Gasteiger partial charge in [-0.05, 0) is 79.7 Å². The summed E-state index contributed by atoms with van der Waals surface area (Å²) in [5.41, 5.74) is 4.52. The van der Waals surface area contributed by atoms with Gasteiger partial charge in [-0.15, -0.1) is 11.3 Å². The summed E-state index contributed by atoms with van der Waals surface area (Å²) in [5.74, 6) is 0.263. The monoisotopic (exact) mass is 489 g/mol. The van der Waals surface area contributed by atoms with Crippen LogP contribution in [0.1, 0.15) is 42.1 Å². The molecule has 1 aromatic heterocycles. The highest BCUT2D eigenvalue weighted by atomic mass is 32.1. The van der Waals surface area contributed by atoms with E-state index in [1.54, 1.807) is 23.5 Å². The Hall–Kier alpha value is -3.29. The third-order valence-electron chi connectivity index (χ3n) is 5.30. The molecule has 0 spiro atoms. The van der Waals surface area contributed by atoms with Gasteiger partial charge in [-0.3, -0.25) is 10.1 Å². The molecule has 0 unspecified atom stereocenters. The second-order valence-electron chi connectivity index (χ2n) is 8.03. The quantitative estimate of drug-likeness (QED) is 0.207. The summed E-state index contributed by atoms with van der Waals surface area (Å²) in [6.07, 6.45) is 3.17. The molecule has 7 heteroatoms. The van der Waals surface area contributed by atoms with Gasteiger partial charge in [-0.25, -0.2) is 4.98 Å². The Morgan fingerprint density at radius 1 is 1.06 bits per heavy atom. The Morgan fingerprint density at radius 2 is 1.85 bits per heavy atom. The predicted molar refractivity (Wildman–Crippen MR) is 145 cm³/mol. The normalized spacial score (nSPS) is 10.8. The number of aryl methyl sites for hydroxylation is 1. The number of nitrogens with one attached hydrogen (secondary N) is 2. The molecule has 0 saturated carbocycles. The van der Waals surface area contributed by atoms with Crippen LogP contribution in [0.2, 0.25) is 0 Å². The largest absolute Gasteiger partial charge is 0.493 e. The first-order valence-electron chi connectivity index (χ1n) is 11.4. The first kappa shape index (κ1) is 23.9. The number of carbonyl (C=O) groups excluding carboxylic acids is 1. The van der Waals surface area contributed by atoms with Crippen LogP contribution in [0.15, 0.2) is 66.7 Å². The lowest BCUT2D eigenvalue weighted by molar-refractivity contribution is 0.0973. The van der Waals surface area contributed by atoms with Crippen molar-refractivity contribution in [2.24, 2.45) is 0 Å². The summed E-state index contributed by atoms with van der Waals surface area (Å²) >= 11 is 7.04. The third kappa shape index (κ3) is 5.98. The minimum Gasteiger partial charge on any atom is -0.493 e. The maximum Gasteiger partial charge on any atom is 0.261 e. The average molecular weight is 490 g/mol. The molecule has 4 rings (SSSR count). The van der Waals surface area contributed by atoms with E-state index in [0.717, 1.165) is 41.0 Å². The van der Waals surface area contributed by atoms with Crippen molar-refractivity contribution in [3.05, 3.63) is 77.9 Å². The molecule has 0 saturated heterocycles. The van der Waals surface area contributed by atoms with Gasteiger partial charge in [-0.1, -0.05) is 38.0 Å². The van der Waals surface area contributed by atoms with Crippen LogP contribution in [0.5, 0.6) is 5.75 Å². The van der Waals surface area contributed by atoms with Gasteiger partial charge in [0.1, 0.15) is 10.8 Å². The molecule has 2 N–H and O–H groups in total. The smallest absolute Gasteiger partial charge is 0.261 e. The number of para-hydroxylation sites is 1. The highest BCUT2D eigenvalue weighted by molar-refractivity contribution is 7.80. The van der Waals surface area contributed by atoms with Gasteiger partial charge >= 0.3 is 0 Å². The van der Waals surface area contributed by atoms with E-state index < -0.39 is 0 Å². The summed E-state index contributed by atoms with van der Waals surface area (Å²) in [4.78, 5) is 17.5. The Kier molecular flexibility index (Phi) is 7.87. The van der Waals surface area contributed by atoms with Gasteiger partial charge < -0.3 is 10.1 Å². The standard InChI is InChI=1S/C27H27N3O2S2/c1-3-4-7-16-32-23-9-6-5-8-21(23)25(31)30-27(33)28-20-13-11-19(12-14-20)26-29-22-15-10-18(2)17-24(22)34-26/h5-6,8-15,17H,3-4,7,16H2,1-2H3,(H2,28,30,31,33). The van der Waals surface area contributed by atoms with Crippen molar-refractivity contribution >= 4 is 50.5 Å². The molecule has 0 radical (unpaired) electrons. The number of anilines is 1. The van der Waals surface area contributed by atoms with Crippen LogP contribution >= 0.6 is 23.6 Å².